The lowest BCUT2D eigenvalue weighted by molar-refractivity contribution is -0.131. The van der Waals surface area contributed by atoms with Crippen LogP contribution in [-0.4, -0.2) is 28.9 Å². The standard InChI is InChI=1S/C24H25ClN2O2/c25-19-7-5-17(6-8-19)21(22-10-9-20(16-1-2-16)23(28)26-22)13-15-11-12-27(14-15)24(29)18-3-4-18/h5-10,13,15-16,18H,1-4,11-12,14H2,(H,26,28)/t15-/m1/s1. The number of pyridine rings is 1. The van der Waals surface area contributed by atoms with Gasteiger partial charge in [0.05, 0.1) is 0 Å². The number of rotatable bonds is 5. The Bertz CT molecular complexity index is 1020. The second-order valence-corrected chi connectivity index (χ2v) is 9.06. The molecule has 0 bridgehead atoms. The van der Waals surface area contributed by atoms with E-state index < -0.39 is 0 Å². The zero-order valence-electron chi connectivity index (χ0n) is 16.4. The van der Waals surface area contributed by atoms with Gasteiger partial charge in [-0.3, -0.25) is 9.59 Å². The molecule has 5 heteroatoms. The molecule has 150 valence electrons. The molecule has 1 aromatic heterocycles. The van der Waals surface area contributed by atoms with Crippen molar-refractivity contribution in [2.75, 3.05) is 13.1 Å². The smallest absolute Gasteiger partial charge is 0.251 e. The summed E-state index contributed by atoms with van der Waals surface area (Å²) < 4.78 is 0. The predicted molar refractivity (Wildman–Crippen MR) is 115 cm³/mol. The largest absolute Gasteiger partial charge is 0.342 e. The Balaban J connectivity index is 1.46. The first-order valence-electron chi connectivity index (χ1n) is 10.6. The first-order valence-corrected chi connectivity index (χ1v) is 11.0. The first kappa shape index (κ1) is 18.7. The number of aromatic amines is 1. The molecule has 1 N–H and O–H groups in total. The fourth-order valence-electron chi connectivity index (χ4n) is 4.28. The van der Waals surface area contributed by atoms with Crippen LogP contribution in [0.2, 0.25) is 5.02 Å². The summed E-state index contributed by atoms with van der Waals surface area (Å²) in [5, 5.41) is 0.688. The van der Waals surface area contributed by atoms with Crippen LogP contribution in [0.4, 0.5) is 0 Å². The number of halogens is 1. The Morgan fingerprint density at radius 3 is 2.45 bits per heavy atom. The van der Waals surface area contributed by atoms with Gasteiger partial charge < -0.3 is 9.88 Å². The Kier molecular flexibility index (Phi) is 4.83. The lowest BCUT2D eigenvalue weighted by Gasteiger charge is -2.16. The summed E-state index contributed by atoms with van der Waals surface area (Å²) in [6.07, 6.45) is 7.48. The number of hydrogen-bond acceptors (Lipinski definition) is 2. The van der Waals surface area contributed by atoms with Crippen molar-refractivity contribution in [3.05, 3.63) is 74.7 Å². The van der Waals surface area contributed by atoms with Gasteiger partial charge in [-0.05, 0) is 67.7 Å². The van der Waals surface area contributed by atoms with Gasteiger partial charge in [-0.15, -0.1) is 0 Å². The van der Waals surface area contributed by atoms with E-state index >= 15 is 0 Å². The summed E-state index contributed by atoms with van der Waals surface area (Å²) in [6.45, 7) is 1.58. The number of hydrogen-bond donors (Lipinski definition) is 1. The molecule has 3 fully saturated rings. The monoisotopic (exact) mass is 408 g/mol. The van der Waals surface area contributed by atoms with Crippen LogP contribution in [0.25, 0.3) is 5.57 Å². The molecule has 1 aromatic carbocycles. The average Bonchev–Trinajstić information content (AvgIpc) is 3.64. The van der Waals surface area contributed by atoms with Crippen LogP contribution in [-0.2, 0) is 4.79 Å². The van der Waals surface area contributed by atoms with Crippen molar-refractivity contribution in [3.63, 3.8) is 0 Å². The average molecular weight is 409 g/mol. The van der Waals surface area contributed by atoms with Crippen molar-refractivity contribution in [1.29, 1.82) is 0 Å². The van der Waals surface area contributed by atoms with Crippen LogP contribution >= 0.6 is 11.6 Å². The summed E-state index contributed by atoms with van der Waals surface area (Å²) in [4.78, 5) is 30.1. The lowest BCUT2D eigenvalue weighted by Crippen LogP contribution is -2.29. The zero-order valence-corrected chi connectivity index (χ0v) is 17.1. The minimum Gasteiger partial charge on any atom is -0.342 e. The Hall–Kier alpha value is -2.33. The van der Waals surface area contributed by atoms with Gasteiger partial charge >= 0.3 is 0 Å². The highest BCUT2D eigenvalue weighted by Crippen LogP contribution is 2.38. The summed E-state index contributed by atoms with van der Waals surface area (Å²) in [5.41, 5.74) is 3.77. The highest BCUT2D eigenvalue weighted by Gasteiger charge is 2.36. The molecule has 0 spiro atoms. The number of H-pyrrole nitrogens is 1. The molecule has 1 amide bonds. The zero-order chi connectivity index (χ0) is 20.0. The number of carbonyl (C=O) groups is 1. The van der Waals surface area contributed by atoms with E-state index in [4.69, 9.17) is 11.6 Å². The maximum absolute atomic E-state index is 12.6. The van der Waals surface area contributed by atoms with Crippen molar-refractivity contribution < 1.29 is 4.79 Å². The number of nitrogens with one attached hydrogen (secondary N) is 1. The minimum absolute atomic E-state index is 0.0156. The number of amides is 1. The van der Waals surface area contributed by atoms with Gasteiger partial charge in [0, 0.05) is 40.9 Å². The van der Waals surface area contributed by atoms with Gasteiger partial charge in [-0.25, -0.2) is 0 Å². The number of likely N-dealkylation sites (tertiary alicyclic amines) is 1. The fourth-order valence-corrected chi connectivity index (χ4v) is 4.40. The van der Waals surface area contributed by atoms with Gasteiger partial charge in [-0.1, -0.05) is 35.9 Å². The molecule has 1 aliphatic heterocycles. The summed E-state index contributed by atoms with van der Waals surface area (Å²) in [5.74, 6) is 1.29. The maximum atomic E-state index is 12.6. The van der Waals surface area contributed by atoms with Crippen LogP contribution in [0.1, 0.15) is 54.8 Å². The van der Waals surface area contributed by atoms with Crippen LogP contribution in [0, 0.1) is 11.8 Å². The quantitative estimate of drug-likeness (QED) is 0.786. The molecule has 3 aliphatic rings. The third-order valence-corrected chi connectivity index (χ3v) is 6.52. The molecular formula is C24H25ClN2O2. The molecule has 2 aromatic rings. The van der Waals surface area contributed by atoms with E-state index in [1.807, 2.05) is 41.3 Å². The predicted octanol–water partition coefficient (Wildman–Crippen LogP) is 4.60. The van der Waals surface area contributed by atoms with Gasteiger partial charge in [0.25, 0.3) is 5.56 Å². The van der Waals surface area contributed by atoms with Crippen LogP contribution in [0.5, 0.6) is 0 Å². The molecule has 2 aliphatic carbocycles. The SMILES string of the molecule is O=C(C1CC1)N1CC[C@H](C=C(c2ccc(Cl)cc2)c2ccc(C3CC3)c(=O)[nH]2)C1. The Morgan fingerprint density at radius 1 is 1.03 bits per heavy atom. The first-order chi connectivity index (χ1) is 14.1. The van der Waals surface area contributed by atoms with Crippen molar-refractivity contribution in [2.24, 2.45) is 11.8 Å². The third kappa shape index (κ3) is 4.04. The van der Waals surface area contributed by atoms with Crippen molar-refractivity contribution in [2.45, 2.75) is 38.0 Å². The molecule has 1 saturated heterocycles. The Morgan fingerprint density at radius 2 is 1.79 bits per heavy atom. The highest BCUT2D eigenvalue weighted by atomic mass is 35.5. The van der Waals surface area contributed by atoms with Gasteiger partial charge in [0.15, 0.2) is 0 Å². The van der Waals surface area contributed by atoms with Gasteiger partial charge in [-0.2, -0.15) is 0 Å². The van der Waals surface area contributed by atoms with Crippen LogP contribution in [0.15, 0.2) is 47.3 Å². The van der Waals surface area contributed by atoms with Crippen LogP contribution < -0.4 is 5.56 Å². The molecule has 0 radical (unpaired) electrons. The number of benzene rings is 1. The van der Waals surface area contributed by atoms with E-state index in [2.05, 4.69) is 11.1 Å². The van der Waals surface area contributed by atoms with E-state index in [1.165, 1.54) is 0 Å². The summed E-state index contributed by atoms with van der Waals surface area (Å²) in [6, 6.07) is 11.7. The lowest BCUT2D eigenvalue weighted by atomic mass is 9.96. The van der Waals surface area contributed by atoms with Crippen molar-refractivity contribution in [1.82, 2.24) is 9.88 Å². The summed E-state index contributed by atoms with van der Waals surface area (Å²) in [7, 11) is 0. The van der Waals surface area contributed by atoms with E-state index in [9.17, 15) is 9.59 Å². The second kappa shape index (κ2) is 7.49. The number of aromatic nitrogens is 1. The molecule has 29 heavy (non-hydrogen) atoms. The molecule has 5 rings (SSSR count). The minimum atomic E-state index is 0.0156. The fraction of sp³-hybridized carbons (Fsp3) is 0.417. The van der Waals surface area contributed by atoms with E-state index in [1.54, 1.807) is 0 Å². The number of carbonyl (C=O) groups excluding carboxylic acids is 1. The van der Waals surface area contributed by atoms with E-state index in [0.717, 1.165) is 67.6 Å². The van der Waals surface area contributed by atoms with Crippen LogP contribution in [0.3, 0.4) is 0 Å². The van der Waals surface area contributed by atoms with Gasteiger partial charge in [0.2, 0.25) is 5.91 Å². The molecule has 2 heterocycles. The molecule has 4 nitrogen and oxygen atoms in total. The number of nitrogens with zero attached hydrogens (tertiary/aromatic N) is 1. The Labute approximate surface area is 175 Å². The molecule has 1 atom stereocenters. The normalized spacial score (nSPS) is 22.2. The highest BCUT2D eigenvalue weighted by molar-refractivity contribution is 6.30. The van der Waals surface area contributed by atoms with E-state index in [-0.39, 0.29) is 17.4 Å². The van der Waals surface area contributed by atoms with E-state index in [0.29, 0.717) is 16.8 Å². The second-order valence-electron chi connectivity index (χ2n) is 8.63. The molecule has 2 saturated carbocycles. The summed E-state index contributed by atoms with van der Waals surface area (Å²) >= 11 is 6.09. The molecular weight excluding hydrogens is 384 g/mol. The maximum Gasteiger partial charge on any atom is 0.251 e. The van der Waals surface area contributed by atoms with Gasteiger partial charge in [0.1, 0.15) is 0 Å². The molecule has 0 unspecified atom stereocenters. The van der Waals surface area contributed by atoms with Crippen molar-refractivity contribution >= 4 is 23.1 Å². The third-order valence-electron chi connectivity index (χ3n) is 6.27. The van der Waals surface area contributed by atoms with Crippen molar-refractivity contribution in [3.8, 4) is 0 Å². The topological polar surface area (TPSA) is 53.2 Å².